The number of benzene rings is 1. The lowest BCUT2D eigenvalue weighted by Gasteiger charge is -2.13. The Labute approximate surface area is 120 Å². The maximum atomic E-state index is 11.7. The Balaban J connectivity index is 2.57. The lowest BCUT2D eigenvalue weighted by Crippen LogP contribution is -2.42. The standard InChI is InChI=1S/C13H15ClN2O4/c14-9-3-1-2-8(6-9)7-12(18)16-10(13(19)20)4-5-11(15)17/h1-3,6,10H,4-5,7H2,(H2,15,17)(H,16,18)(H,19,20)/t10-/m0/s1. The van der Waals surface area contributed by atoms with Gasteiger partial charge in [0.2, 0.25) is 11.8 Å². The molecule has 1 atom stereocenters. The van der Waals surface area contributed by atoms with Crippen LogP contribution < -0.4 is 11.1 Å². The van der Waals surface area contributed by atoms with Gasteiger partial charge in [0.15, 0.2) is 0 Å². The number of carbonyl (C=O) groups is 3. The first-order valence-electron chi connectivity index (χ1n) is 5.93. The molecule has 0 fully saturated rings. The summed E-state index contributed by atoms with van der Waals surface area (Å²) in [5.41, 5.74) is 5.63. The van der Waals surface area contributed by atoms with Crippen LogP contribution in [0.25, 0.3) is 0 Å². The van der Waals surface area contributed by atoms with Crippen LogP contribution in [0.5, 0.6) is 0 Å². The molecule has 0 heterocycles. The molecule has 1 aromatic carbocycles. The van der Waals surface area contributed by atoms with Gasteiger partial charge in [-0.15, -0.1) is 0 Å². The van der Waals surface area contributed by atoms with E-state index in [9.17, 15) is 14.4 Å². The Kier molecular flexibility index (Phi) is 5.99. The second kappa shape index (κ2) is 7.49. The molecule has 0 saturated heterocycles. The van der Waals surface area contributed by atoms with Gasteiger partial charge in [0.1, 0.15) is 6.04 Å². The Morgan fingerprint density at radius 2 is 2.05 bits per heavy atom. The van der Waals surface area contributed by atoms with Gasteiger partial charge in [-0.25, -0.2) is 4.79 Å². The van der Waals surface area contributed by atoms with Gasteiger partial charge in [-0.1, -0.05) is 23.7 Å². The third kappa shape index (κ3) is 5.71. The fourth-order valence-corrected chi connectivity index (χ4v) is 1.83. The van der Waals surface area contributed by atoms with E-state index in [1.54, 1.807) is 24.3 Å². The maximum Gasteiger partial charge on any atom is 0.326 e. The molecule has 20 heavy (non-hydrogen) atoms. The van der Waals surface area contributed by atoms with Crippen LogP contribution in [0, 0.1) is 0 Å². The van der Waals surface area contributed by atoms with Gasteiger partial charge in [0.05, 0.1) is 6.42 Å². The van der Waals surface area contributed by atoms with Crippen LogP contribution in [0.2, 0.25) is 5.02 Å². The number of amides is 2. The molecule has 1 rings (SSSR count). The number of aliphatic carboxylic acids is 1. The van der Waals surface area contributed by atoms with Crippen molar-refractivity contribution in [2.24, 2.45) is 5.73 Å². The van der Waals surface area contributed by atoms with E-state index in [-0.39, 0.29) is 19.3 Å². The van der Waals surface area contributed by atoms with Gasteiger partial charge in [-0.05, 0) is 24.1 Å². The molecule has 0 aromatic heterocycles. The SMILES string of the molecule is NC(=O)CC[C@H](NC(=O)Cc1cccc(Cl)c1)C(=O)O. The molecule has 0 aliphatic carbocycles. The predicted octanol–water partition coefficient (Wildman–Crippen LogP) is 0.717. The minimum Gasteiger partial charge on any atom is -0.480 e. The largest absolute Gasteiger partial charge is 0.480 e. The van der Waals surface area contributed by atoms with Crippen molar-refractivity contribution in [1.29, 1.82) is 0 Å². The number of carboxylic acids is 1. The van der Waals surface area contributed by atoms with Crippen LogP contribution in [-0.4, -0.2) is 28.9 Å². The summed E-state index contributed by atoms with van der Waals surface area (Å²) in [4.78, 5) is 33.4. The molecular weight excluding hydrogens is 284 g/mol. The first-order valence-corrected chi connectivity index (χ1v) is 6.31. The van der Waals surface area contributed by atoms with Crippen molar-refractivity contribution >= 4 is 29.4 Å². The lowest BCUT2D eigenvalue weighted by atomic mass is 10.1. The average molecular weight is 299 g/mol. The summed E-state index contributed by atoms with van der Waals surface area (Å²) in [5, 5.41) is 11.8. The lowest BCUT2D eigenvalue weighted by molar-refractivity contribution is -0.142. The summed E-state index contributed by atoms with van der Waals surface area (Å²) in [7, 11) is 0. The zero-order valence-corrected chi connectivity index (χ0v) is 11.4. The van der Waals surface area contributed by atoms with E-state index in [2.05, 4.69) is 5.32 Å². The predicted molar refractivity (Wildman–Crippen MR) is 73.2 cm³/mol. The van der Waals surface area contributed by atoms with Gasteiger partial charge >= 0.3 is 5.97 Å². The maximum absolute atomic E-state index is 11.7. The number of carbonyl (C=O) groups excluding carboxylic acids is 2. The molecule has 4 N–H and O–H groups in total. The van der Waals surface area contributed by atoms with E-state index in [4.69, 9.17) is 22.4 Å². The van der Waals surface area contributed by atoms with Gasteiger partial charge in [0, 0.05) is 11.4 Å². The van der Waals surface area contributed by atoms with Gasteiger partial charge < -0.3 is 16.2 Å². The molecule has 0 spiro atoms. The highest BCUT2D eigenvalue weighted by atomic mass is 35.5. The number of nitrogens with two attached hydrogens (primary N) is 1. The van der Waals surface area contributed by atoms with Crippen molar-refractivity contribution < 1.29 is 19.5 Å². The topological polar surface area (TPSA) is 109 Å². The molecule has 2 amide bonds. The van der Waals surface area contributed by atoms with E-state index < -0.39 is 23.8 Å². The number of hydrogen-bond donors (Lipinski definition) is 3. The number of carboxylic acid groups (broad SMARTS) is 1. The number of nitrogens with one attached hydrogen (secondary N) is 1. The fourth-order valence-electron chi connectivity index (χ4n) is 1.62. The summed E-state index contributed by atoms with van der Waals surface area (Å²) in [6.07, 6.45) is -0.124. The Hall–Kier alpha value is -2.08. The number of halogens is 1. The molecule has 108 valence electrons. The van der Waals surface area contributed by atoms with Crippen LogP contribution in [0.4, 0.5) is 0 Å². The van der Waals surface area contributed by atoms with E-state index in [0.717, 1.165) is 0 Å². The van der Waals surface area contributed by atoms with Crippen molar-refractivity contribution in [3.05, 3.63) is 34.9 Å². The number of rotatable bonds is 7. The van der Waals surface area contributed by atoms with Crippen LogP contribution in [0.1, 0.15) is 18.4 Å². The minimum absolute atomic E-state index is 0.0148. The average Bonchev–Trinajstić information content (AvgIpc) is 2.33. The third-order valence-electron chi connectivity index (χ3n) is 2.57. The van der Waals surface area contributed by atoms with Crippen molar-refractivity contribution in [2.75, 3.05) is 0 Å². The molecule has 1 aromatic rings. The van der Waals surface area contributed by atoms with Crippen LogP contribution in [-0.2, 0) is 20.8 Å². The van der Waals surface area contributed by atoms with E-state index >= 15 is 0 Å². The Morgan fingerprint density at radius 3 is 2.60 bits per heavy atom. The molecule has 6 nitrogen and oxygen atoms in total. The summed E-state index contributed by atoms with van der Waals surface area (Å²) >= 11 is 5.79. The highest BCUT2D eigenvalue weighted by molar-refractivity contribution is 6.30. The fraction of sp³-hybridized carbons (Fsp3) is 0.308. The smallest absolute Gasteiger partial charge is 0.326 e. The van der Waals surface area contributed by atoms with Crippen LogP contribution in [0.3, 0.4) is 0 Å². The minimum atomic E-state index is -1.20. The first kappa shape index (κ1) is 16.0. The molecular formula is C13H15ClN2O4. The van der Waals surface area contributed by atoms with Crippen molar-refractivity contribution in [3.63, 3.8) is 0 Å². The molecule has 0 bridgehead atoms. The highest BCUT2D eigenvalue weighted by Gasteiger charge is 2.20. The van der Waals surface area contributed by atoms with Crippen molar-refractivity contribution in [3.8, 4) is 0 Å². The van der Waals surface area contributed by atoms with Crippen molar-refractivity contribution in [1.82, 2.24) is 5.32 Å². The van der Waals surface area contributed by atoms with E-state index in [1.165, 1.54) is 0 Å². The second-order valence-electron chi connectivity index (χ2n) is 4.27. The van der Waals surface area contributed by atoms with Gasteiger partial charge in [-0.2, -0.15) is 0 Å². The molecule has 0 aliphatic rings. The highest BCUT2D eigenvalue weighted by Crippen LogP contribution is 2.11. The van der Waals surface area contributed by atoms with Crippen LogP contribution >= 0.6 is 11.6 Å². The molecule has 0 aliphatic heterocycles. The summed E-state index contributed by atoms with van der Waals surface area (Å²) in [6.45, 7) is 0. The van der Waals surface area contributed by atoms with Gasteiger partial charge in [-0.3, -0.25) is 9.59 Å². The molecule has 0 unspecified atom stereocenters. The summed E-state index contributed by atoms with van der Waals surface area (Å²) in [6, 6.07) is 5.59. The normalized spacial score (nSPS) is 11.7. The Bertz CT molecular complexity index is 519. The Morgan fingerprint density at radius 1 is 1.35 bits per heavy atom. The molecule has 0 radical (unpaired) electrons. The third-order valence-corrected chi connectivity index (χ3v) is 2.80. The van der Waals surface area contributed by atoms with E-state index in [0.29, 0.717) is 10.6 Å². The van der Waals surface area contributed by atoms with E-state index in [1.807, 2.05) is 0 Å². The van der Waals surface area contributed by atoms with Gasteiger partial charge in [0.25, 0.3) is 0 Å². The number of hydrogen-bond acceptors (Lipinski definition) is 3. The zero-order valence-electron chi connectivity index (χ0n) is 10.6. The summed E-state index contributed by atoms with van der Waals surface area (Å²) < 4.78 is 0. The quantitative estimate of drug-likeness (QED) is 0.689. The summed E-state index contributed by atoms with van der Waals surface area (Å²) in [5.74, 6) is -2.27. The van der Waals surface area contributed by atoms with Crippen LogP contribution in [0.15, 0.2) is 24.3 Å². The first-order chi connectivity index (χ1) is 9.38. The zero-order chi connectivity index (χ0) is 15.1. The van der Waals surface area contributed by atoms with Crippen molar-refractivity contribution in [2.45, 2.75) is 25.3 Å². The monoisotopic (exact) mass is 298 g/mol. The second-order valence-corrected chi connectivity index (χ2v) is 4.71. The number of primary amides is 1. The molecule has 0 saturated carbocycles. The molecule has 7 heteroatoms.